The van der Waals surface area contributed by atoms with Gasteiger partial charge in [-0.05, 0) is 61.0 Å². The van der Waals surface area contributed by atoms with E-state index in [1.165, 1.54) is 17.0 Å². The molecule has 3 aromatic carbocycles. The topological polar surface area (TPSA) is 61.4 Å². The Morgan fingerprint density at radius 1 is 0.912 bits per heavy atom. The first kappa shape index (κ1) is 25.4. The summed E-state index contributed by atoms with van der Waals surface area (Å²) in [6.45, 7) is 0.220. The minimum atomic E-state index is -4.56. The predicted octanol–water partition coefficient (Wildman–Crippen LogP) is 6.87. The van der Waals surface area contributed by atoms with E-state index in [4.69, 9.17) is 23.2 Å². The number of hydrogen-bond acceptors (Lipinski definition) is 2. The van der Waals surface area contributed by atoms with Crippen molar-refractivity contribution in [1.82, 2.24) is 5.32 Å². The summed E-state index contributed by atoms with van der Waals surface area (Å²) in [5.74, 6) is -0.387. The van der Waals surface area contributed by atoms with Crippen molar-refractivity contribution in [2.24, 2.45) is 0 Å². The van der Waals surface area contributed by atoms with Gasteiger partial charge in [-0.3, -0.25) is 9.69 Å². The molecule has 0 heterocycles. The molecule has 0 saturated heterocycles. The molecule has 3 aromatic rings. The van der Waals surface area contributed by atoms with Crippen molar-refractivity contribution in [3.63, 3.8) is 0 Å². The molecule has 0 aliphatic heterocycles. The van der Waals surface area contributed by atoms with Gasteiger partial charge < -0.3 is 10.6 Å². The lowest BCUT2D eigenvalue weighted by Gasteiger charge is -2.24. The zero-order valence-electron chi connectivity index (χ0n) is 17.7. The number of halogens is 5. The first-order valence-corrected chi connectivity index (χ1v) is 10.9. The number of nitrogens with zero attached hydrogens (tertiary/aromatic N) is 1. The molecule has 0 aliphatic rings. The number of rotatable bonds is 7. The van der Waals surface area contributed by atoms with E-state index < -0.39 is 17.8 Å². The van der Waals surface area contributed by atoms with Gasteiger partial charge in [0.25, 0.3) is 5.91 Å². The fourth-order valence-electron chi connectivity index (χ4n) is 3.10. The smallest absolute Gasteiger partial charge is 0.352 e. The molecule has 3 rings (SSSR count). The molecule has 0 unspecified atom stereocenters. The Bertz CT molecular complexity index is 1150. The molecule has 0 saturated carbocycles. The predicted molar refractivity (Wildman–Crippen MR) is 128 cm³/mol. The Morgan fingerprint density at radius 2 is 1.62 bits per heavy atom. The van der Waals surface area contributed by atoms with Crippen molar-refractivity contribution >= 4 is 46.5 Å². The second-order valence-corrected chi connectivity index (χ2v) is 8.07. The van der Waals surface area contributed by atoms with Crippen LogP contribution in [0.4, 0.5) is 29.3 Å². The Hall–Kier alpha value is -3.23. The van der Waals surface area contributed by atoms with Gasteiger partial charge in [-0.25, -0.2) is 4.79 Å². The third-order valence-electron chi connectivity index (χ3n) is 4.79. The van der Waals surface area contributed by atoms with Crippen LogP contribution in [0.2, 0.25) is 10.0 Å². The number of benzene rings is 3. The summed E-state index contributed by atoms with van der Waals surface area (Å²) in [5, 5.41) is 6.12. The maximum atomic E-state index is 13.2. The summed E-state index contributed by atoms with van der Waals surface area (Å²) in [6.07, 6.45) is -4.28. The largest absolute Gasteiger partial charge is 0.416 e. The first-order valence-electron chi connectivity index (χ1n) is 10.2. The van der Waals surface area contributed by atoms with Crippen molar-refractivity contribution in [2.75, 3.05) is 23.3 Å². The van der Waals surface area contributed by atoms with E-state index in [9.17, 15) is 22.8 Å². The van der Waals surface area contributed by atoms with Gasteiger partial charge in [-0.1, -0.05) is 41.4 Å². The lowest BCUT2D eigenvalue weighted by atomic mass is 10.1. The standard InChI is InChI=1S/C24H20Cl2F3N3O2/c25-17-9-11-18(12-10-17)31-23(34)32(19-6-3-5-16(15-19)24(27,28)29)14-4-13-30-22(33)20-7-1-2-8-21(20)26/h1-3,5-12,15H,4,13-14H2,(H,30,33)(H,31,34). The molecule has 178 valence electrons. The number of hydrogen-bond donors (Lipinski definition) is 2. The van der Waals surface area contributed by atoms with Gasteiger partial charge in [0.1, 0.15) is 0 Å². The van der Waals surface area contributed by atoms with Crippen LogP contribution in [0.15, 0.2) is 72.8 Å². The molecule has 34 heavy (non-hydrogen) atoms. The van der Waals surface area contributed by atoms with Crippen LogP contribution in [-0.4, -0.2) is 25.0 Å². The van der Waals surface area contributed by atoms with Crippen LogP contribution in [0.25, 0.3) is 0 Å². The fraction of sp³-hybridized carbons (Fsp3) is 0.167. The third-order valence-corrected chi connectivity index (χ3v) is 5.37. The highest BCUT2D eigenvalue weighted by molar-refractivity contribution is 6.33. The summed E-state index contributed by atoms with van der Waals surface area (Å²) < 4.78 is 39.6. The third kappa shape index (κ3) is 6.88. The number of anilines is 2. The highest BCUT2D eigenvalue weighted by Crippen LogP contribution is 2.32. The summed E-state index contributed by atoms with van der Waals surface area (Å²) in [5.41, 5.74) is -0.0715. The van der Waals surface area contributed by atoms with E-state index in [0.29, 0.717) is 21.3 Å². The second kappa shape index (κ2) is 11.3. The van der Waals surface area contributed by atoms with Crippen LogP contribution in [0.5, 0.6) is 0 Å². The Morgan fingerprint density at radius 3 is 2.29 bits per heavy atom. The summed E-state index contributed by atoms with van der Waals surface area (Å²) in [7, 11) is 0. The summed E-state index contributed by atoms with van der Waals surface area (Å²) in [6, 6.07) is 16.7. The van der Waals surface area contributed by atoms with E-state index in [-0.39, 0.29) is 31.1 Å². The molecule has 0 spiro atoms. The van der Waals surface area contributed by atoms with Crippen molar-refractivity contribution in [1.29, 1.82) is 0 Å². The van der Waals surface area contributed by atoms with Gasteiger partial charge in [-0.15, -0.1) is 0 Å². The van der Waals surface area contributed by atoms with Crippen LogP contribution >= 0.6 is 23.2 Å². The Kier molecular flexibility index (Phi) is 8.41. The van der Waals surface area contributed by atoms with E-state index >= 15 is 0 Å². The highest BCUT2D eigenvalue weighted by atomic mass is 35.5. The lowest BCUT2D eigenvalue weighted by molar-refractivity contribution is -0.137. The Labute approximate surface area is 204 Å². The number of carbonyl (C=O) groups is 2. The summed E-state index contributed by atoms with van der Waals surface area (Å²) >= 11 is 11.9. The first-order chi connectivity index (χ1) is 16.1. The second-order valence-electron chi connectivity index (χ2n) is 7.23. The van der Waals surface area contributed by atoms with E-state index in [1.807, 2.05) is 0 Å². The van der Waals surface area contributed by atoms with Crippen molar-refractivity contribution < 1.29 is 22.8 Å². The quantitative estimate of drug-likeness (QED) is 0.341. The summed E-state index contributed by atoms with van der Waals surface area (Å²) in [4.78, 5) is 26.4. The SMILES string of the molecule is O=C(NCCCN(C(=O)Nc1ccc(Cl)cc1)c1cccc(C(F)(F)F)c1)c1ccccc1Cl. The van der Waals surface area contributed by atoms with E-state index in [2.05, 4.69) is 10.6 Å². The molecule has 0 radical (unpaired) electrons. The molecular formula is C24H20Cl2F3N3O2. The molecule has 0 fully saturated rings. The van der Waals surface area contributed by atoms with Gasteiger partial charge in [0.2, 0.25) is 0 Å². The average molecular weight is 510 g/mol. The average Bonchev–Trinajstić information content (AvgIpc) is 2.80. The van der Waals surface area contributed by atoms with Gasteiger partial charge in [0, 0.05) is 29.5 Å². The van der Waals surface area contributed by atoms with Crippen molar-refractivity contribution in [3.05, 3.63) is 94.0 Å². The number of alkyl halides is 3. The Balaban J connectivity index is 1.72. The number of carbonyl (C=O) groups excluding carboxylic acids is 2. The van der Waals surface area contributed by atoms with Crippen molar-refractivity contribution in [3.8, 4) is 0 Å². The maximum Gasteiger partial charge on any atom is 0.416 e. The van der Waals surface area contributed by atoms with Crippen LogP contribution in [0, 0.1) is 0 Å². The van der Waals surface area contributed by atoms with Crippen LogP contribution in [-0.2, 0) is 6.18 Å². The lowest BCUT2D eigenvalue weighted by Crippen LogP contribution is -2.37. The zero-order valence-corrected chi connectivity index (χ0v) is 19.2. The molecule has 10 heteroatoms. The van der Waals surface area contributed by atoms with Crippen LogP contribution in [0.1, 0.15) is 22.3 Å². The van der Waals surface area contributed by atoms with Gasteiger partial charge in [-0.2, -0.15) is 13.2 Å². The van der Waals surface area contributed by atoms with Crippen LogP contribution < -0.4 is 15.5 Å². The minimum absolute atomic E-state index is 0.0452. The molecular weight excluding hydrogens is 490 g/mol. The van der Waals surface area contributed by atoms with Crippen molar-refractivity contribution in [2.45, 2.75) is 12.6 Å². The van der Waals surface area contributed by atoms with Gasteiger partial charge >= 0.3 is 12.2 Å². The normalized spacial score (nSPS) is 11.1. The molecule has 0 aromatic heterocycles. The maximum absolute atomic E-state index is 13.2. The molecule has 2 N–H and O–H groups in total. The number of nitrogens with one attached hydrogen (secondary N) is 2. The fourth-order valence-corrected chi connectivity index (χ4v) is 3.45. The molecule has 3 amide bonds. The van der Waals surface area contributed by atoms with E-state index in [0.717, 1.165) is 12.1 Å². The molecule has 0 atom stereocenters. The molecule has 0 bridgehead atoms. The molecule has 5 nitrogen and oxygen atoms in total. The van der Waals surface area contributed by atoms with Gasteiger partial charge in [0.15, 0.2) is 0 Å². The molecule has 0 aliphatic carbocycles. The van der Waals surface area contributed by atoms with Gasteiger partial charge in [0.05, 0.1) is 16.1 Å². The number of amides is 3. The van der Waals surface area contributed by atoms with Crippen LogP contribution in [0.3, 0.4) is 0 Å². The monoisotopic (exact) mass is 509 g/mol. The minimum Gasteiger partial charge on any atom is -0.352 e. The highest BCUT2D eigenvalue weighted by Gasteiger charge is 2.31. The number of urea groups is 1. The zero-order chi connectivity index (χ0) is 24.7. The van der Waals surface area contributed by atoms with E-state index in [1.54, 1.807) is 48.5 Å².